The molecule has 1 unspecified atom stereocenters. The Bertz CT molecular complexity index is 836. The number of thiazole rings is 1. The maximum atomic E-state index is 12.8. The van der Waals surface area contributed by atoms with E-state index in [1.54, 1.807) is 6.07 Å². The minimum absolute atomic E-state index is 0.234. The number of benzene rings is 1. The molecule has 1 aliphatic rings. The van der Waals surface area contributed by atoms with Crippen molar-refractivity contribution < 1.29 is 14.3 Å². The van der Waals surface area contributed by atoms with Crippen LogP contribution in [0.25, 0.3) is 10.2 Å². The first-order valence-corrected chi connectivity index (χ1v) is 10.2. The highest BCUT2D eigenvalue weighted by molar-refractivity contribution is 7.22. The van der Waals surface area contributed by atoms with Crippen molar-refractivity contribution in [1.29, 1.82) is 0 Å². The topological polar surface area (TPSA) is 71.5 Å². The smallest absolute Gasteiger partial charge is 0.410 e. The molecule has 1 fully saturated rings. The Morgan fingerprint density at radius 3 is 2.78 bits per heavy atom. The summed E-state index contributed by atoms with van der Waals surface area (Å²) in [5.41, 5.74) is 1.12. The summed E-state index contributed by atoms with van der Waals surface area (Å²) in [6.07, 6.45) is 1.92. The van der Waals surface area contributed by atoms with Gasteiger partial charge < -0.3 is 10.1 Å². The van der Waals surface area contributed by atoms with E-state index in [0.717, 1.165) is 28.6 Å². The van der Waals surface area contributed by atoms with Crippen molar-refractivity contribution in [3.8, 4) is 0 Å². The number of likely N-dealkylation sites (tertiary alicyclic amines) is 1. The third kappa shape index (κ3) is 4.71. The fourth-order valence-corrected chi connectivity index (χ4v) is 4.14. The molecule has 0 aliphatic carbocycles. The van der Waals surface area contributed by atoms with Crippen LogP contribution in [0.15, 0.2) is 12.1 Å². The highest BCUT2D eigenvalue weighted by Crippen LogP contribution is 2.31. The average Bonchev–Trinajstić information content (AvgIpc) is 2.94. The summed E-state index contributed by atoms with van der Waals surface area (Å²) in [5.74, 6) is -0.234. The molecule has 2 heterocycles. The normalized spacial score (nSPS) is 17.8. The van der Waals surface area contributed by atoms with Crippen LogP contribution in [0, 0.1) is 6.92 Å². The van der Waals surface area contributed by atoms with E-state index in [4.69, 9.17) is 16.3 Å². The number of aromatic nitrogens is 1. The Morgan fingerprint density at radius 2 is 2.07 bits per heavy atom. The molecule has 27 heavy (non-hydrogen) atoms. The van der Waals surface area contributed by atoms with Crippen molar-refractivity contribution in [1.82, 2.24) is 9.88 Å². The molecule has 1 aromatic carbocycles. The lowest BCUT2D eigenvalue weighted by Crippen LogP contribution is -2.51. The summed E-state index contributed by atoms with van der Waals surface area (Å²) in [4.78, 5) is 31.3. The molecule has 0 saturated carbocycles. The van der Waals surface area contributed by atoms with Gasteiger partial charge in [0.15, 0.2) is 5.13 Å². The molecule has 1 aliphatic heterocycles. The first kappa shape index (κ1) is 19.9. The average molecular weight is 410 g/mol. The highest BCUT2D eigenvalue weighted by atomic mass is 35.5. The number of nitrogens with zero attached hydrogens (tertiary/aromatic N) is 2. The molecule has 0 radical (unpaired) electrons. The van der Waals surface area contributed by atoms with E-state index in [0.29, 0.717) is 23.1 Å². The maximum Gasteiger partial charge on any atom is 0.410 e. The van der Waals surface area contributed by atoms with Crippen LogP contribution in [-0.4, -0.2) is 40.1 Å². The summed E-state index contributed by atoms with van der Waals surface area (Å²) in [6, 6.07) is 3.20. The second-order valence-electron chi connectivity index (χ2n) is 7.76. The van der Waals surface area contributed by atoms with Gasteiger partial charge in [0.25, 0.3) is 0 Å². The number of nitrogens with one attached hydrogen (secondary N) is 1. The Balaban J connectivity index is 1.76. The molecule has 1 N–H and O–H groups in total. The Kier molecular flexibility index (Phi) is 5.63. The van der Waals surface area contributed by atoms with Crippen LogP contribution in [-0.2, 0) is 9.53 Å². The molecule has 8 heteroatoms. The second kappa shape index (κ2) is 7.64. The van der Waals surface area contributed by atoms with Gasteiger partial charge in [0.1, 0.15) is 11.6 Å². The molecule has 1 atom stereocenters. The highest BCUT2D eigenvalue weighted by Gasteiger charge is 2.35. The molecule has 1 saturated heterocycles. The predicted molar refractivity (Wildman–Crippen MR) is 109 cm³/mol. The fourth-order valence-electron chi connectivity index (χ4n) is 3.04. The Hall–Kier alpha value is -1.86. The van der Waals surface area contributed by atoms with Crippen LogP contribution in [0.3, 0.4) is 0 Å². The lowest BCUT2D eigenvalue weighted by molar-refractivity contribution is -0.122. The van der Waals surface area contributed by atoms with Gasteiger partial charge in [-0.25, -0.2) is 9.78 Å². The number of amides is 2. The van der Waals surface area contributed by atoms with Crippen LogP contribution in [0.4, 0.5) is 9.93 Å². The summed E-state index contributed by atoms with van der Waals surface area (Å²) in [7, 11) is 0. The van der Waals surface area contributed by atoms with Gasteiger partial charge in [-0.1, -0.05) is 22.9 Å². The zero-order chi connectivity index (χ0) is 19.8. The van der Waals surface area contributed by atoms with Gasteiger partial charge in [0.2, 0.25) is 5.91 Å². The number of halogens is 1. The summed E-state index contributed by atoms with van der Waals surface area (Å²) < 4.78 is 6.42. The summed E-state index contributed by atoms with van der Waals surface area (Å²) in [5, 5.41) is 4.02. The third-order valence-electron chi connectivity index (χ3n) is 4.33. The van der Waals surface area contributed by atoms with E-state index >= 15 is 0 Å². The van der Waals surface area contributed by atoms with Crippen molar-refractivity contribution in [2.45, 2.75) is 58.6 Å². The Labute approximate surface area is 167 Å². The van der Waals surface area contributed by atoms with Crippen molar-refractivity contribution >= 4 is 50.3 Å². The zero-order valence-corrected chi connectivity index (χ0v) is 17.5. The van der Waals surface area contributed by atoms with Crippen molar-refractivity contribution in [2.75, 3.05) is 11.9 Å². The number of fused-ring (bicyclic) bond motifs is 1. The largest absolute Gasteiger partial charge is 0.444 e. The minimum Gasteiger partial charge on any atom is -0.444 e. The summed E-state index contributed by atoms with van der Waals surface area (Å²) in [6.45, 7) is 7.90. The van der Waals surface area contributed by atoms with Crippen molar-refractivity contribution in [3.05, 3.63) is 22.7 Å². The molecule has 3 rings (SSSR count). The van der Waals surface area contributed by atoms with E-state index in [9.17, 15) is 9.59 Å². The number of hydrogen-bond donors (Lipinski definition) is 1. The number of hydrogen-bond acceptors (Lipinski definition) is 5. The number of anilines is 1. The van der Waals surface area contributed by atoms with E-state index in [1.165, 1.54) is 16.2 Å². The minimum atomic E-state index is -0.598. The number of ether oxygens (including phenoxy) is 1. The first-order chi connectivity index (χ1) is 12.6. The van der Waals surface area contributed by atoms with Crippen LogP contribution < -0.4 is 5.32 Å². The second-order valence-corrected chi connectivity index (χ2v) is 9.20. The van der Waals surface area contributed by atoms with Crippen LogP contribution in [0.2, 0.25) is 5.02 Å². The van der Waals surface area contributed by atoms with Gasteiger partial charge >= 0.3 is 6.09 Å². The molecule has 1 aromatic heterocycles. The van der Waals surface area contributed by atoms with Gasteiger partial charge in [0, 0.05) is 11.6 Å². The van der Waals surface area contributed by atoms with Gasteiger partial charge in [-0.05, 0) is 64.7 Å². The molecular formula is C19H24ClN3O3S. The van der Waals surface area contributed by atoms with E-state index in [2.05, 4.69) is 10.3 Å². The molecule has 6 nitrogen and oxygen atoms in total. The van der Waals surface area contributed by atoms with Gasteiger partial charge in [-0.15, -0.1) is 0 Å². The number of carbonyl (C=O) groups excluding carboxylic acids is 2. The first-order valence-electron chi connectivity index (χ1n) is 9.01. The number of rotatable bonds is 2. The fraction of sp³-hybridized carbons (Fsp3) is 0.526. The summed E-state index contributed by atoms with van der Waals surface area (Å²) >= 11 is 7.55. The van der Waals surface area contributed by atoms with Crippen LogP contribution in [0.5, 0.6) is 0 Å². The van der Waals surface area contributed by atoms with E-state index in [-0.39, 0.29) is 5.91 Å². The maximum absolute atomic E-state index is 12.8. The number of piperidine rings is 1. The molecule has 2 amide bonds. The third-order valence-corrected chi connectivity index (χ3v) is 5.67. The van der Waals surface area contributed by atoms with Gasteiger partial charge in [-0.3, -0.25) is 9.69 Å². The van der Waals surface area contributed by atoms with Gasteiger partial charge in [0.05, 0.1) is 10.2 Å². The number of aryl methyl sites for hydroxylation is 1. The monoisotopic (exact) mass is 409 g/mol. The SMILES string of the molecule is Cc1cc2sc(NC(=O)C3CCCCN3C(=O)OC(C)(C)C)nc2cc1Cl. The molecule has 2 aromatic rings. The lowest BCUT2D eigenvalue weighted by Gasteiger charge is -2.35. The molecule has 0 bridgehead atoms. The lowest BCUT2D eigenvalue weighted by atomic mass is 10.0. The quantitative estimate of drug-likeness (QED) is 0.758. The predicted octanol–water partition coefficient (Wildman–Crippen LogP) is 4.99. The van der Waals surface area contributed by atoms with Crippen molar-refractivity contribution in [3.63, 3.8) is 0 Å². The van der Waals surface area contributed by atoms with E-state index < -0.39 is 17.7 Å². The van der Waals surface area contributed by atoms with Crippen LogP contribution >= 0.6 is 22.9 Å². The van der Waals surface area contributed by atoms with Crippen molar-refractivity contribution in [2.24, 2.45) is 0 Å². The molecular weight excluding hydrogens is 386 g/mol. The zero-order valence-electron chi connectivity index (χ0n) is 16.0. The van der Waals surface area contributed by atoms with Gasteiger partial charge in [-0.2, -0.15) is 0 Å². The Morgan fingerprint density at radius 1 is 1.33 bits per heavy atom. The molecule has 0 spiro atoms. The molecule has 146 valence electrons. The van der Waals surface area contributed by atoms with E-state index in [1.807, 2.05) is 33.8 Å². The standard InChI is InChI=1S/C19H24ClN3O3S/c1-11-9-15-13(10-12(11)20)21-17(27-15)22-16(24)14-7-5-6-8-23(14)18(25)26-19(2,3)4/h9-10,14H,5-8H2,1-4H3,(H,21,22,24). The van der Waals surface area contributed by atoms with Crippen LogP contribution in [0.1, 0.15) is 45.6 Å². The number of carbonyl (C=O) groups is 2.